The van der Waals surface area contributed by atoms with Crippen molar-refractivity contribution in [3.63, 3.8) is 0 Å². The third-order valence-corrected chi connectivity index (χ3v) is 3.15. The monoisotopic (exact) mass is 355 g/mol. The van der Waals surface area contributed by atoms with Crippen molar-refractivity contribution in [2.75, 3.05) is 18.5 Å². The highest BCUT2D eigenvalue weighted by Crippen LogP contribution is 2.13. The van der Waals surface area contributed by atoms with Crippen molar-refractivity contribution in [1.82, 2.24) is 0 Å². The molecule has 0 fully saturated rings. The molecule has 26 heavy (non-hydrogen) atoms. The molecule has 0 saturated carbocycles. The maximum Gasteiger partial charge on any atom is 0.331 e. The smallest absolute Gasteiger partial charge is 0.331 e. The van der Waals surface area contributed by atoms with Crippen LogP contribution in [0.3, 0.4) is 0 Å². The Balaban J connectivity index is 1.79. The van der Waals surface area contributed by atoms with Crippen LogP contribution in [0.5, 0.6) is 5.75 Å². The van der Waals surface area contributed by atoms with Gasteiger partial charge in [-0.2, -0.15) is 0 Å². The Morgan fingerprint density at radius 1 is 1.12 bits per heavy atom. The fourth-order valence-corrected chi connectivity index (χ4v) is 1.93. The molecule has 2 rings (SSSR count). The summed E-state index contributed by atoms with van der Waals surface area (Å²) in [5, 5.41) is 2.33. The molecule has 1 amide bonds. The molecule has 5 nitrogen and oxygen atoms in total. The summed E-state index contributed by atoms with van der Waals surface area (Å²) >= 11 is 0. The van der Waals surface area contributed by atoms with E-state index in [0.29, 0.717) is 12.4 Å². The molecule has 0 bridgehead atoms. The summed E-state index contributed by atoms with van der Waals surface area (Å²) in [5.41, 5.74) is 0.798. The van der Waals surface area contributed by atoms with E-state index in [1.165, 1.54) is 24.3 Å². The number of nitrogens with one attached hydrogen (secondary N) is 1. The van der Waals surface area contributed by atoms with Gasteiger partial charge < -0.3 is 14.8 Å². The maximum absolute atomic E-state index is 13.4. The Hall–Kier alpha value is -3.41. The number of halogens is 1. The van der Waals surface area contributed by atoms with Gasteiger partial charge in [0, 0.05) is 6.08 Å². The zero-order valence-electron chi connectivity index (χ0n) is 14.0. The fraction of sp³-hybridized carbons (Fsp3) is 0.100. The SMILES string of the molecule is C=CCOc1ccc(/C=C/C(=O)OCC(=O)Nc2ccccc2F)cc1. The topological polar surface area (TPSA) is 64.6 Å². The highest BCUT2D eigenvalue weighted by molar-refractivity contribution is 5.94. The molecule has 0 aromatic heterocycles. The first kappa shape index (κ1) is 18.9. The van der Waals surface area contributed by atoms with Crippen molar-refractivity contribution in [2.24, 2.45) is 0 Å². The standard InChI is InChI=1S/C20H18FNO4/c1-2-13-25-16-10-7-15(8-11-16)9-12-20(24)26-14-19(23)22-18-6-4-3-5-17(18)21/h2-12H,1,13-14H2,(H,22,23)/b12-9+. The summed E-state index contributed by atoms with van der Waals surface area (Å²) in [5.74, 6) is -1.18. The fourth-order valence-electron chi connectivity index (χ4n) is 1.93. The number of esters is 1. The van der Waals surface area contributed by atoms with E-state index in [4.69, 9.17) is 9.47 Å². The molecule has 2 aromatic rings. The minimum absolute atomic E-state index is 0.0304. The Morgan fingerprint density at radius 3 is 2.54 bits per heavy atom. The van der Waals surface area contributed by atoms with Crippen molar-refractivity contribution in [3.8, 4) is 5.75 Å². The summed E-state index contributed by atoms with van der Waals surface area (Å²) in [6.45, 7) is 3.47. The van der Waals surface area contributed by atoms with Crippen LogP contribution in [0.25, 0.3) is 6.08 Å². The van der Waals surface area contributed by atoms with Crippen LogP contribution in [-0.2, 0) is 14.3 Å². The Labute approximate surface area is 150 Å². The summed E-state index contributed by atoms with van der Waals surface area (Å²) < 4.78 is 23.6. The van der Waals surface area contributed by atoms with Gasteiger partial charge in [0.25, 0.3) is 5.91 Å². The predicted octanol–water partition coefficient (Wildman–Crippen LogP) is 3.59. The average molecular weight is 355 g/mol. The number of benzene rings is 2. The third kappa shape index (κ3) is 6.24. The van der Waals surface area contributed by atoms with E-state index in [0.717, 1.165) is 5.56 Å². The molecule has 2 aromatic carbocycles. The lowest BCUT2D eigenvalue weighted by Gasteiger charge is -2.06. The van der Waals surface area contributed by atoms with E-state index < -0.39 is 24.3 Å². The van der Waals surface area contributed by atoms with Crippen LogP contribution < -0.4 is 10.1 Å². The molecular formula is C20H18FNO4. The third-order valence-electron chi connectivity index (χ3n) is 3.15. The van der Waals surface area contributed by atoms with Crippen molar-refractivity contribution >= 4 is 23.6 Å². The van der Waals surface area contributed by atoms with E-state index >= 15 is 0 Å². The molecule has 134 valence electrons. The van der Waals surface area contributed by atoms with E-state index in [9.17, 15) is 14.0 Å². The van der Waals surface area contributed by atoms with Gasteiger partial charge in [0.1, 0.15) is 18.2 Å². The second-order valence-electron chi connectivity index (χ2n) is 5.14. The minimum atomic E-state index is -0.680. The first-order valence-corrected chi connectivity index (χ1v) is 7.81. The number of amides is 1. The number of carbonyl (C=O) groups is 2. The van der Waals surface area contributed by atoms with Gasteiger partial charge in [-0.1, -0.05) is 36.9 Å². The van der Waals surface area contributed by atoms with Gasteiger partial charge in [0.15, 0.2) is 6.61 Å². The van der Waals surface area contributed by atoms with Crippen LogP contribution in [0.15, 0.2) is 67.3 Å². The lowest BCUT2D eigenvalue weighted by atomic mass is 10.2. The molecule has 1 N–H and O–H groups in total. The Bertz CT molecular complexity index is 800. The highest BCUT2D eigenvalue weighted by atomic mass is 19.1. The Morgan fingerprint density at radius 2 is 1.85 bits per heavy atom. The normalized spacial score (nSPS) is 10.3. The predicted molar refractivity (Wildman–Crippen MR) is 97.2 cm³/mol. The lowest BCUT2D eigenvalue weighted by molar-refractivity contribution is -0.142. The van der Waals surface area contributed by atoms with E-state index in [-0.39, 0.29) is 5.69 Å². The first-order valence-electron chi connectivity index (χ1n) is 7.81. The van der Waals surface area contributed by atoms with Gasteiger partial charge in [-0.15, -0.1) is 0 Å². The van der Waals surface area contributed by atoms with E-state index in [1.54, 1.807) is 42.5 Å². The van der Waals surface area contributed by atoms with Gasteiger partial charge >= 0.3 is 5.97 Å². The number of anilines is 1. The van der Waals surface area contributed by atoms with E-state index in [1.807, 2.05) is 0 Å². The highest BCUT2D eigenvalue weighted by Gasteiger charge is 2.08. The molecule has 6 heteroatoms. The lowest BCUT2D eigenvalue weighted by Crippen LogP contribution is -2.20. The summed E-state index contributed by atoms with van der Waals surface area (Å²) in [4.78, 5) is 23.3. The van der Waals surface area contributed by atoms with Crippen LogP contribution in [0, 0.1) is 5.82 Å². The van der Waals surface area contributed by atoms with Crippen molar-refractivity contribution in [2.45, 2.75) is 0 Å². The summed E-state index contributed by atoms with van der Waals surface area (Å²) in [6.07, 6.45) is 4.40. The van der Waals surface area contributed by atoms with Crippen LogP contribution in [0.1, 0.15) is 5.56 Å². The number of carbonyl (C=O) groups excluding carboxylic acids is 2. The first-order chi connectivity index (χ1) is 12.6. The molecule has 0 aliphatic heterocycles. The number of para-hydroxylation sites is 1. The van der Waals surface area contributed by atoms with Crippen molar-refractivity contribution in [1.29, 1.82) is 0 Å². The molecule has 0 heterocycles. The molecule has 0 radical (unpaired) electrons. The summed E-state index contributed by atoms with van der Waals surface area (Å²) in [7, 11) is 0. The van der Waals surface area contributed by atoms with Gasteiger partial charge in [-0.3, -0.25) is 4.79 Å². The maximum atomic E-state index is 13.4. The van der Waals surface area contributed by atoms with Crippen molar-refractivity contribution in [3.05, 3.63) is 78.6 Å². The number of rotatable bonds is 8. The summed E-state index contributed by atoms with van der Waals surface area (Å²) in [6, 6.07) is 12.8. The van der Waals surface area contributed by atoms with Gasteiger partial charge in [-0.05, 0) is 35.9 Å². The molecular weight excluding hydrogens is 337 g/mol. The zero-order chi connectivity index (χ0) is 18.8. The number of hydrogen-bond acceptors (Lipinski definition) is 4. The van der Waals surface area contributed by atoms with Crippen LogP contribution in [0.4, 0.5) is 10.1 Å². The van der Waals surface area contributed by atoms with Crippen molar-refractivity contribution < 1.29 is 23.5 Å². The quantitative estimate of drug-likeness (QED) is 0.447. The zero-order valence-corrected chi connectivity index (χ0v) is 14.0. The number of hydrogen-bond donors (Lipinski definition) is 1. The van der Waals surface area contributed by atoms with Crippen LogP contribution >= 0.6 is 0 Å². The molecule has 0 aliphatic rings. The van der Waals surface area contributed by atoms with E-state index in [2.05, 4.69) is 11.9 Å². The second kappa shape index (κ2) is 9.78. The van der Waals surface area contributed by atoms with Crippen LogP contribution in [-0.4, -0.2) is 25.1 Å². The minimum Gasteiger partial charge on any atom is -0.490 e. The Kier molecular flexibility index (Phi) is 7.12. The molecule has 0 spiro atoms. The molecule has 0 aliphatic carbocycles. The van der Waals surface area contributed by atoms with Gasteiger partial charge in [0.05, 0.1) is 5.69 Å². The molecule has 0 unspecified atom stereocenters. The van der Waals surface area contributed by atoms with Gasteiger partial charge in [0.2, 0.25) is 0 Å². The largest absolute Gasteiger partial charge is 0.490 e. The number of ether oxygens (including phenoxy) is 2. The second-order valence-corrected chi connectivity index (χ2v) is 5.14. The van der Waals surface area contributed by atoms with Crippen LogP contribution in [0.2, 0.25) is 0 Å². The molecule has 0 atom stereocenters. The average Bonchev–Trinajstić information content (AvgIpc) is 2.65. The molecule has 0 saturated heterocycles. The van der Waals surface area contributed by atoms with Gasteiger partial charge in [-0.25, -0.2) is 9.18 Å².